The molecule has 0 saturated carbocycles. The molecule has 108 valence electrons. The predicted molar refractivity (Wildman–Crippen MR) is 86.7 cm³/mol. The van der Waals surface area contributed by atoms with Crippen LogP contribution in [-0.2, 0) is 13.0 Å². The van der Waals surface area contributed by atoms with Gasteiger partial charge in [0.15, 0.2) is 0 Å². The molecule has 0 fully saturated rings. The van der Waals surface area contributed by atoms with Crippen LogP contribution < -0.4 is 5.32 Å². The van der Waals surface area contributed by atoms with Gasteiger partial charge in [-0.05, 0) is 42.8 Å². The summed E-state index contributed by atoms with van der Waals surface area (Å²) in [6, 6.07) is 11.8. The fraction of sp³-hybridized carbons (Fsp3) is 0.188. The average molecular weight is 319 g/mol. The highest BCUT2D eigenvalue weighted by Crippen LogP contribution is 2.26. The summed E-state index contributed by atoms with van der Waals surface area (Å²) in [5, 5.41) is 5.25. The van der Waals surface area contributed by atoms with E-state index in [-0.39, 0.29) is 0 Å². The van der Waals surface area contributed by atoms with Gasteiger partial charge < -0.3 is 9.73 Å². The van der Waals surface area contributed by atoms with Crippen molar-refractivity contribution in [3.8, 4) is 10.6 Å². The summed E-state index contributed by atoms with van der Waals surface area (Å²) < 4.78 is 5.37. The van der Waals surface area contributed by atoms with E-state index in [2.05, 4.69) is 16.4 Å². The first-order valence-electron chi connectivity index (χ1n) is 6.75. The van der Waals surface area contributed by atoms with E-state index in [0.717, 1.165) is 40.2 Å². The zero-order valence-corrected chi connectivity index (χ0v) is 13.0. The number of hydrogen-bond donors (Lipinski definition) is 1. The van der Waals surface area contributed by atoms with Gasteiger partial charge in [0.05, 0.1) is 11.1 Å². The fourth-order valence-electron chi connectivity index (χ4n) is 2.05. The lowest BCUT2D eigenvalue weighted by Gasteiger charge is -2.03. The molecule has 0 saturated heterocycles. The highest BCUT2D eigenvalue weighted by molar-refractivity contribution is 7.15. The van der Waals surface area contributed by atoms with Gasteiger partial charge in [0.1, 0.15) is 10.8 Å². The Morgan fingerprint density at radius 3 is 3.00 bits per heavy atom. The maximum Gasteiger partial charge on any atom is 0.145 e. The van der Waals surface area contributed by atoms with E-state index in [4.69, 9.17) is 16.0 Å². The predicted octanol–water partition coefficient (Wildman–Crippen LogP) is 4.39. The number of rotatable bonds is 6. The third-order valence-corrected chi connectivity index (χ3v) is 4.32. The summed E-state index contributed by atoms with van der Waals surface area (Å²) in [5.41, 5.74) is 1.24. The molecular weight excluding hydrogens is 304 g/mol. The van der Waals surface area contributed by atoms with Gasteiger partial charge in [0.2, 0.25) is 0 Å². The van der Waals surface area contributed by atoms with E-state index in [1.807, 2.05) is 36.5 Å². The number of nitrogens with zero attached hydrogens (tertiary/aromatic N) is 1. The largest absolute Gasteiger partial charge is 0.463 e. The van der Waals surface area contributed by atoms with Gasteiger partial charge in [-0.25, -0.2) is 4.98 Å². The second-order valence-electron chi connectivity index (χ2n) is 4.65. The highest BCUT2D eigenvalue weighted by atomic mass is 35.5. The van der Waals surface area contributed by atoms with Crippen LogP contribution in [0.5, 0.6) is 0 Å². The zero-order valence-electron chi connectivity index (χ0n) is 11.4. The minimum atomic E-state index is 0.770. The Kier molecular flexibility index (Phi) is 4.70. The fourth-order valence-corrected chi connectivity index (χ4v) is 3.11. The highest BCUT2D eigenvalue weighted by Gasteiger charge is 2.06. The Bertz CT molecular complexity index is 694. The van der Waals surface area contributed by atoms with Crippen LogP contribution >= 0.6 is 22.9 Å². The van der Waals surface area contributed by atoms with Crippen LogP contribution in [0.1, 0.15) is 10.6 Å². The van der Waals surface area contributed by atoms with Crippen LogP contribution in [0.4, 0.5) is 0 Å². The minimum absolute atomic E-state index is 0.770. The van der Waals surface area contributed by atoms with Crippen LogP contribution in [0.15, 0.2) is 53.3 Å². The number of nitrogens with one attached hydrogen (secondary N) is 1. The Morgan fingerprint density at radius 1 is 1.24 bits per heavy atom. The number of furan rings is 1. The van der Waals surface area contributed by atoms with Crippen molar-refractivity contribution in [1.82, 2.24) is 10.3 Å². The molecule has 0 aliphatic rings. The number of halogens is 1. The van der Waals surface area contributed by atoms with Gasteiger partial charge in [-0.3, -0.25) is 0 Å². The van der Waals surface area contributed by atoms with E-state index in [1.54, 1.807) is 17.6 Å². The molecule has 0 aliphatic carbocycles. The van der Waals surface area contributed by atoms with Crippen molar-refractivity contribution in [1.29, 1.82) is 0 Å². The van der Waals surface area contributed by atoms with Crippen LogP contribution in [0.2, 0.25) is 5.02 Å². The van der Waals surface area contributed by atoms with Gasteiger partial charge in [0.25, 0.3) is 0 Å². The van der Waals surface area contributed by atoms with Crippen molar-refractivity contribution in [2.45, 2.75) is 13.0 Å². The SMILES string of the molecule is Clc1cccc(CCNCc2ncc(-c3ccco3)s2)c1. The van der Waals surface area contributed by atoms with E-state index in [9.17, 15) is 0 Å². The summed E-state index contributed by atoms with van der Waals surface area (Å²) in [6.45, 7) is 1.67. The van der Waals surface area contributed by atoms with Gasteiger partial charge in [-0.1, -0.05) is 23.7 Å². The van der Waals surface area contributed by atoms with Gasteiger partial charge in [0, 0.05) is 17.8 Å². The van der Waals surface area contributed by atoms with E-state index in [0.29, 0.717) is 0 Å². The molecule has 0 unspecified atom stereocenters. The van der Waals surface area contributed by atoms with Gasteiger partial charge >= 0.3 is 0 Å². The van der Waals surface area contributed by atoms with Crippen LogP contribution in [0.25, 0.3) is 10.6 Å². The van der Waals surface area contributed by atoms with Crippen molar-refractivity contribution >= 4 is 22.9 Å². The third-order valence-electron chi connectivity index (χ3n) is 3.07. The average Bonchev–Trinajstić information content (AvgIpc) is 3.14. The molecule has 0 atom stereocenters. The van der Waals surface area contributed by atoms with Crippen molar-refractivity contribution in [2.24, 2.45) is 0 Å². The monoisotopic (exact) mass is 318 g/mol. The quantitative estimate of drug-likeness (QED) is 0.685. The molecule has 21 heavy (non-hydrogen) atoms. The molecule has 3 aromatic rings. The third kappa shape index (κ3) is 3.94. The Balaban J connectivity index is 1.48. The smallest absolute Gasteiger partial charge is 0.145 e. The summed E-state index contributed by atoms with van der Waals surface area (Å²) in [6.07, 6.45) is 4.49. The van der Waals surface area contributed by atoms with E-state index >= 15 is 0 Å². The maximum absolute atomic E-state index is 5.97. The summed E-state index contributed by atoms with van der Waals surface area (Å²) in [5.74, 6) is 0.873. The van der Waals surface area contributed by atoms with Gasteiger partial charge in [-0.15, -0.1) is 11.3 Å². The molecule has 2 heterocycles. The summed E-state index contributed by atoms with van der Waals surface area (Å²) in [7, 11) is 0. The van der Waals surface area contributed by atoms with Crippen molar-refractivity contribution in [2.75, 3.05) is 6.54 Å². The molecule has 1 N–H and O–H groups in total. The van der Waals surface area contributed by atoms with Crippen LogP contribution in [0, 0.1) is 0 Å². The molecule has 0 bridgehead atoms. The molecule has 0 spiro atoms. The Labute approximate surface area is 132 Å². The van der Waals surface area contributed by atoms with Crippen molar-refractivity contribution < 1.29 is 4.42 Å². The summed E-state index contributed by atoms with van der Waals surface area (Å²) in [4.78, 5) is 5.47. The lowest BCUT2D eigenvalue weighted by molar-refractivity contribution is 0.583. The first kappa shape index (κ1) is 14.3. The second kappa shape index (κ2) is 6.89. The van der Waals surface area contributed by atoms with Crippen LogP contribution in [0.3, 0.4) is 0 Å². The molecule has 3 nitrogen and oxygen atoms in total. The number of thiazole rings is 1. The molecule has 2 aromatic heterocycles. The number of benzene rings is 1. The number of aromatic nitrogens is 1. The van der Waals surface area contributed by atoms with Crippen molar-refractivity contribution in [3.63, 3.8) is 0 Å². The second-order valence-corrected chi connectivity index (χ2v) is 6.20. The van der Waals surface area contributed by atoms with Crippen LogP contribution in [-0.4, -0.2) is 11.5 Å². The topological polar surface area (TPSA) is 38.1 Å². The molecule has 1 aromatic carbocycles. The summed E-state index contributed by atoms with van der Waals surface area (Å²) >= 11 is 7.62. The Hall–Kier alpha value is -1.62. The molecule has 5 heteroatoms. The first-order chi connectivity index (χ1) is 10.3. The lowest BCUT2D eigenvalue weighted by Crippen LogP contribution is -2.16. The minimum Gasteiger partial charge on any atom is -0.463 e. The van der Waals surface area contributed by atoms with E-state index in [1.165, 1.54) is 5.56 Å². The van der Waals surface area contributed by atoms with Gasteiger partial charge in [-0.2, -0.15) is 0 Å². The Morgan fingerprint density at radius 2 is 2.19 bits per heavy atom. The molecule has 0 aliphatic heterocycles. The zero-order chi connectivity index (χ0) is 14.5. The molecule has 0 radical (unpaired) electrons. The normalized spacial score (nSPS) is 10.9. The molecular formula is C16H15ClN2OS. The first-order valence-corrected chi connectivity index (χ1v) is 7.94. The van der Waals surface area contributed by atoms with Crippen molar-refractivity contribution in [3.05, 3.63) is 64.5 Å². The number of hydrogen-bond acceptors (Lipinski definition) is 4. The van der Waals surface area contributed by atoms with E-state index < -0.39 is 0 Å². The lowest BCUT2D eigenvalue weighted by atomic mass is 10.1. The standard InChI is InChI=1S/C16H15ClN2OS/c17-13-4-1-3-12(9-13)6-7-18-11-16-19-10-15(21-16)14-5-2-8-20-14/h1-5,8-10,18H,6-7,11H2. The molecule has 3 rings (SSSR count). The maximum atomic E-state index is 5.97. The molecule has 0 amide bonds.